The van der Waals surface area contributed by atoms with E-state index in [1.807, 2.05) is 0 Å². The molecular formula is C16H23BO3SSi. The Morgan fingerprint density at radius 2 is 1.91 bits per heavy atom. The third kappa shape index (κ3) is 3.81. The number of hydrogen-bond acceptors (Lipinski definition) is 4. The predicted molar refractivity (Wildman–Crippen MR) is 96.5 cm³/mol. The van der Waals surface area contributed by atoms with Gasteiger partial charge in [-0.2, -0.15) is 0 Å². The molecule has 118 valence electrons. The van der Waals surface area contributed by atoms with Crippen LogP contribution in [0.1, 0.15) is 6.92 Å². The Bertz CT molecular complexity index is 611. The molecule has 22 heavy (non-hydrogen) atoms. The van der Waals surface area contributed by atoms with Gasteiger partial charge in [-0.3, -0.25) is 0 Å². The summed E-state index contributed by atoms with van der Waals surface area (Å²) in [6, 6.07) is 10.6. The molecule has 1 saturated heterocycles. The van der Waals surface area contributed by atoms with E-state index < -0.39 is 8.32 Å². The highest BCUT2D eigenvalue weighted by atomic mass is 32.1. The molecule has 3 nitrogen and oxygen atoms in total. The largest absolute Gasteiger partial charge is 0.504 e. The average Bonchev–Trinajstić information content (AvgIpc) is 2.89. The lowest BCUT2D eigenvalue weighted by Crippen LogP contribution is -2.50. The first kappa shape index (κ1) is 16.2. The molecule has 0 atom stereocenters. The summed E-state index contributed by atoms with van der Waals surface area (Å²) in [4.78, 5) is 0. The predicted octanol–water partition coefficient (Wildman–Crippen LogP) is 3.50. The highest BCUT2D eigenvalue weighted by Gasteiger charge is 2.38. The maximum absolute atomic E-state index is 6.04. The maximum atomic E-state index is 6.04. The molecule has 0 unspecified atom stereocenters. The number of benzene rings is 1. The molecule has 0 saturated carbocycles. The maximum Gasteiger partial charge on any atom is 0.504 e. The van der Waals surface area contributed by atoms with Crippen molar-refractivity contribution in [2.45, 2.75) is 26.6 Å². The van der Waals surface area contributed by atoms with E-state index in [9.17, 15) is 0 Å². The van der Waals surface area contributed by atoms with Crippen molar-refractivity contribution in [3.8, 4) is 0 Å². The molecule has 3 rings (SSSR count). The Balaban J connectivity index is 1.63. The van der Waals surface area contributed by atoms with Gasteiger partial charge in [-0.05, 0) is 37.2 Å². The van der Waals surface area contributed by atoms with Crippen molar-refractivity contribution in [2.75, 3.05) is 19.8 Å². The van der Waals surface area contributed by atoms with Crippen LogP contribution in [0, 0.1) is 5.41 Å². The van der Waals surface area contributed by atoms with Gasteiger partial charge in [-0.1, -0.05) is 25.1 Å². The SMILES string of the molecule is CC1(CO[Si](C)(C)C)COB(c2cc3ccccc3s2)OC1. The van der Waals surface area contributed by atoms with E-state index in [1.165, 1.54) is 10.1 Å². The minimum Gasteiger partial charge on any atom is -0.417 e. The van der Waals surface area contributed by atoms with Gasteiger partial charge in [0.15, 0.2) is 8.32 Å². The Morgan fingerprint density at radius 1 is 1.23 bits per heavy atom. The number of thiophene rings is 1. The van der Waals surface area contributed by atoms with E-state index >= 15 is 0 Å². The number of fused-ring (bicyclic) bond motifs is 1. The molecule has 0 N–H and O–H groups in total. The molecule has 0 radical (unpaired) electrons. The minimum absolute atomic E-state index is 0.0482. The second-order valence-electron chi connectivity index (χ2n) is 7.35. The van der Waals surface area contributed by atoms with Crippen molar-refractivity contribution in [1.82, 2.24) is 0 Å². The normalized spacial score (nSPS) is 18.8. The van der Waals surface area contributed by atoms with Crippen LogP contribution < -0.4 is 4.78 Å². The van der Waals surface area contributed by atoms with Gasteiger partial charge in [0, 0.05) is 34.7 Å². The van der Waals surface area contributed by atoms with E-state index in [0.717, 1.165) is 4.78 Å². The van der Waals surface area contributed by atoms with Gasteiger partial charge < -0.3 is 13.7 Å². The zero-order valence-electron chi connectivity index (χ0n) is 13.7. The van der Waals surface area contributed by atoms with E-state index in [-0.39, 0.29) is 12.5 Å². The van der Waals surface area contributed by atoms with Crippen LogP contribution >= 0.6 is 11.3 Å². The topological polar surface area (TPSA) is 27.7 Å². The minimum atomic E-state index is -1.50. The molecule has 2 heterocycles. The summed E-state index contributed by atoms with van der Waals surface area (Å²) in [7, 11) is -1.74. The van der Waals surface area contributed by atoms with Gasteiger partial charge in [0.2, 0.25) is 0 Å². The number of rotatable bonds is 4. The van der Waals surface area contributed by atoms with E-state index in [2.05, 4.69) is 56.9 Å². The third-order valence-corrected chi connectivity index (χ3v) is 5.84. The van der Waals surface area contributed by atoms with Gasteiger partial charge >= 0.3 is 7.12 Å². The van der Waals surface area contributed by atoms with Crippen LogP contribution in [0.15, 0.2) is 30.3 Å². The first-order valence-electron chi connectivity index (χ1n) is 7.70. The number of hydrogen-bond donors (Lipinski definition) is 0. The summed E-state index contributed by atoms with van der Waals surface area (Å²) in [5.41, 5.74) is -0.0482. The lowest BCUT2D eigenvalue weighted by molar-refractivity contribution is -0.00942. The van der Waals surface area contributed by atoms with Crippen molar-refractivity contribution >= 4 is 41.6 Å². The second kappa shape index (κ2) is 6.09. The summed E-state index contributed by atoms with van der Waals surface area (Å²) in [5, 5.41) is 1.25. The lowest BCUT2D eigenvalue weighted by Gasteiger charge is -2.37. The van der Waals surface area contributed by atoms with Crippen LogP contribution in [0.25, 0.3) is 10.1 Å². The Morgan fingerprint density at radius 3 is 2.55 bits per heavy atom. The van der Waals surface area contributed by atoms with Gasteiger partial charge in [0.25, 0.3) is 0 Å². The quantitative estimate of drug-likeness (QED) is 0.801. The van der Waals surface area contributed by atoms with Crippen LogP contribution in [0.2, 0.25) is 19.6 Å². The standard InChI is InChI=1S/C16H23BO3SSi/c1-16(12-20-22(2,3)4)10-18-17(19-11-16)15-9-13-7-5-6-8-14(13)21-15/h5-9H,10-12H2,1-4H3. The van der Waals surface area contributed by atoms with Gasteiger partial charge in [0.05, 0.1) is 0 Å². The third-order valence-electron chi connectivity index (χ3n) is 3.70. The molecule has 0 bridgehead atoms. The van der Waals surface area contributed by atoms with Crippen molar-refractivity contribution in [3.63, 3.8) is 0 Å². The molecule has 0 amide bonds. The molecule has 0 spiro atoms. The van der Waals surface area contributed by atoms with Crippen LogP contribution in [0.5, 0.6) is 0 Å². The van der Waals surface area contributed by atoms with E-state index in [4.69, 9.17) is 13.7 Å². The first-order valence-corrected chi connectivity index (χ1v) is 11.9. The zero-order chi connectivity index (χ0) is 15.8. The fraction of sp³-hybridized carbons (Fsp3) is 0.500. The first-order chi connectivity index (χ1) is 10.3. The molecule has 1 aromatic carbocycles. The zero-order valence-corrected chi connectivity index (χ0v) is 15.5. The molecule has 1 fully saturated rings. The molecule has 1 aliphatic heterocycles. The summed E-state index contributed by atoms with van der Waals surface area (Å²) >= 11 is 1.75. The average molecular weight is 334 g/mol. The summed E-state index contributed by atoms with van der Waals surface area (Å²) in [5.74, 6) is 0. The fourth-order valence-electron chi connectivity index (χ4n) is 2.40. The highest BCUT2D eigenvalue weighted by molar-refractivity contribution is 7.28. The van der Waals surface area contributed by atoms with Crippen molar-refractivity contribution < 1.29 is 13.7 Å². The lowest BCUT2D eigenvalue weighted by atomic mass is 9.81. The second-order valence-corrected chi connectivity index (χ2v) is 13.0. The Labute approximate surface area is 137 Å². The van der Waals surface area contributed by atoms with Crippen molar-refractivity contribution in [2.24, 2.45) is 5.41 Å². The molecule has 2 aromatic rings. The van der Waals surface area contributed by atoms with Crippen LogP contribution in [0.3, 0.4) is 0 Å². The van der Waals surface area contributed by atoms with Crippen LogP contribution in [0.4, 0.5) is 0 Å². The van der Waals surface area contributed by atoms with Crippen molar-refractivity contribution in [1.29, 1.82) is 0 Å². The van der Waals surface area contributed by atoms with E-state index in [0.29, 0.717) is 19.8 Å². The van der Waals surface area contributed by atoms with E-state index in [1.54, 1.807) is 11.3 Å². The smallest absolute Gasteiger partial charge is 0.417 e. The van der Waals surface area contributed by atoms with Crippen LogP contribution in [-0.4, -0.2) is 35.3 Å². The molecule has 1 aliphatic rings. The highest BCUT2D eigenvalue weighted by Crippen LogP contribution is 2.27. The monoisotopic (exact) mass is 334 g/mol. The molecule has 6 heteroatoms. The van der Waals surface area contributed by atoms with Gasteiger partial charge in [-0.25, -0.2) is 0 Å². The Hall–Kier alpha value is -0.658. The summed E-state index contributed by atoms with van der Waals surface area (Å²) < 4.78 is 20.5. The molecule has 0 aliphatic carbocycles. The Kier molecular flexibility index (Phi) is 4.49. The molecular weight excluding hydrogens is 311 g/mol. The summed E-state index contributed by atoms with van der Waals surface area (Å²) in [6.07, 6.45) is 0. The van der Waals surface area contributed by atoms with Crippen LogP contribution in [-0.2, 0) is 13.7 Å². The van der Waals surface area contributed by atoms with Gasteiger partial charge in [0.1, 0.15) is 0 Å². The molecule has 1 aromatic heterocycles. The summed E-state index contributed by atoms with van der Waals surface area (Å²) in [6.45, 7) is 10.9. The fourth-order valence-corrected chi connectivity index (χ4v) is 4.25. The van der Waals surface area contributed by atoms with Crippen molar-refractivity contribution in [3.05, 3.63) is 30.3 Å². The van der Waals surface area contributed by atoms with Gasteiger partial charge in [-0.15, -0.1) is 11.3 Å².